The number of carbonyl (C=O) groups is 1. The summed E-state index contributed by atoms with van der Waals surface area (Å²) in [6.45, 7) is 6.29. The van der Waals surface area contributed by atoms with Crippen molar-refractivity contribution in [1.29, 1.82) is 0 Å². The summed E-state index contributed by atoms with van der Waals surface area (Å²) in [6.07, 6.45) is 4.07. The van der Waals surface area contributed by atoms with Crippen LogP contribution in [0.5, 0.6) is 0 Å². The summed E-state index contributed by atoms with van der Waals surface area (Å²) >= 11 is 0. The summed E-state index contributed by atoms with van der Waals surface area (Å²) in [7, 11) is -3.90. The second kappa shape index (κ2) is 8.52. The smallest absolute Gasteiger partial charge is 0.271 e. The number of rotatable bonds is 6. The Hall–Kier alpha value is -2.79. The van der Waals surface area contributed by atoms with Gasteiger partial charge in [-0.2, -0.15) is 9.40 Å². The molecule has 1 aromatic carbocycles. The Morgan fingerprint density at radius 3 is 2.53 bits per heavy atom. The van der Waals surface area contributed by atoms with Gasteiger partial charge >= 0.3 is 0 Å². The highest BCUT2D eigenvalue weighted by molar-refractivity contribution is 7.89. The Labute approximate surface area is 175 Å². The minimum atomic E-state index is -3.90. The molecule has 0 spiro atoms. The van der Waals surface area contributed by atoms with Gasteiger partial charge < -0.3 is 5.32 Å². The van der Waals surface area contributed by atoms with Gasteiger partial charge in [-0.1, -0.05) is 0 Å². The third-order valence-corrected chi connectivity index (χ3v) is 7.51. The molecule has 162 valence electrons. The van der Waals surface area contributed by atoms with E-state index in [9.17, 15) is 23.3 Å². The molecule has 10 nitrogen and oxygen atoms in total. The lowest BCUT2D eigenvalue weighted by Gasteiger charge is -2.31. The van der Waals surface area contributed by atoms with Crippen molar-refractivity contribution in [2.45, 2.75) is 45.1 Å². The van der Waals surface area contributed by atoms with Crippen LogP contribution in [0, 0.1) is 29.9 Å². The molecule has 1 N–H and O–H groups in total. The molecule has 0 aliphatic carbocycles. The van der Waals surface area contributed by atoms with Gasteiger partial charge in [0.1, 0.15) is 0 Å². The van der Waals surface area contributed by atoms with Crippen LogP contribution in [0.25, 0.3) is 0 Å². The molecule has 1 fully saturated rings. The molecule has 0 atom stereocenters. The molecule has 3 rings (SSSR count). The monoisotopic (exact) mass is 435 g/mol. The first-order valence-electron chi connectivity index (χ1n) is 9.72. The molecule has 0 radical (unpaired) electrons. The van der Waals surface area contributed by atoms with Gasteiger partial charge in [-0.05, 0) is 44.7 Å². The van der Waals surface area contributed by atoms with Crippen molar-refractivity contribution in [2.75, 3.05) is 18.4 Å². The van der Waals surface area contributed by atoms with E-state index >= 15 is 0 Å². The standard InChI is InChI=1S/C19H25N5O5S/c1-4-22-12-16(11-20-22)21-19(25)15-5-7-23(8-6-15)30(28,29)18-10-17(24(26)27)9-13(2)14(18)3/h9-12,15H,4-8H2,1-3H3,(H,21,25). The van der Waals surface area contributed by atoms with Crippen LogP contribution in [0.4, 0.5) is 11.4 Å². The van der Waals surface area contributed by atoms with Crippen molar-refractivity contribution in [3.05, 3.63) is 45.8 Å². The number of amides is 1. The Bertz CT molecular complexity index is 1070. The maximum Gasteiger partial charge on any atom is 0.271 e. The van der Waals surface area contributed by atoms with Crippen LogP contribution in [-0.4, -0.2) is 46.4 Å². The van der Waals surface area contributed by atoms with Crippen LogP contribution in [0.15, 0.2) is 29.4 Å². The number of nitro benzene ring substituents is 1. The van der Waals surface area contributed by atoms with Crippen LogP contribution in [-0.2, 0) is 21.4 Å². The number of piperidine rings is 1. The molecule has 2 heterocycles. The molecule has 30 heavy (non-hydrogen) atoms. The van der Waals surface area contributed by atoms with E-state index in [0.717, 1.165) is 6.07 Å². The lowest BCUT2D eigenvalue weighted by Crippen LogP contribution is -2.41. The van der Waals surface area contributed by atoms with Gasteiger partial charge in [0.2, 0.25) is 15.9 Å². The Kier molecular flexibility index (Phi) is 6.22. The van der Waals surface area contributed by atoms with E-state index in [4.69, 9.17) is 0 Å². The van der Waals surface area contributed by atoms with Gasteiger partial charge in [0, 0.05) is 43.9 Å². The lowest BCUT2D eigenvalue weighted by molar-refractivity contribution is -0.385. The Morgan fingerprint density at radius 1 is 1.30 bits per heavy atom. The number of carbonyl (C=O) groups excluding carboxylic acids is 1. The quantitative estimate of drug-likeness (QED) is 0.548. The summed E-state index contributed by atoms with van der Waals surface area (Å²) in [5, 5.41) is 18.1. The number of hydrogen-bond acceptors (Lipinski definition) is 6. The highest BCUT2D eigenvalue weighted by atomic mass is 32.2. The Balaban J connectivity index is 1.71. The molecule has 11 heteroatoms. The number of sulfonamides is 1. The fourth-order valence-corrected chi connectivity index (χ4v) is 5.31. The Morgan fingerprint density at radius 2 is 1.97 bits per heavy atom. The minimum Gasteiger partial charge on any atom is -0.323 e. The maximum absolute atomic E-state index is 13.1. The van der Waals surface area contributed by atoms with Gasteiger partial charge in [-0.25, -0.2) is 8.42 Å². The van der Waals surface area contributed by atoms with Crippen molar-refractivity contribution in [3.63, 3.8) is 0 Å². The average molecular weight is 436 g/mol. The van der Waals surface area contributed by atoms with E-state index in [0.29, 0.717) is 36.2 Å². The number of non-ortho nitro benzene ring substituents is 1. The first kappa shape index (κ1) is 21.9. The minimum absolute atomic E-state index is 0.0518. The van der Waals surface area contributed by atoms with Gasteiger partial charge in [0.25, 0.3) is 5.69 Å². The summed E-state index contributed by atoms with van der Waals surface area (Å²) in [6, 6.07) is 2.48. The largest absolute Gasteiger partial charge is 0.323 e. The van der Waals surface area contributed by atoms with Gasteiger partial charge in [-0.15, -0.1) is 0 Å². The fraction of sp³-hybridized carbons (Fsp3) is 0.474. The third-order valence-electron chi connectivity index (χ3n) is 5.48. The topological polar surface area (TPSA) is 127 Å². The summed E-state index contributed by atoms with van der Waals surface area (Å²) < 4.78 is 29.3. The van der Waals surface area contributed by atoms with Crippen molar-refractivity contribution < 1.29 is 18.1 Å². The number of aromatic nitrogens is 2. The van der Waals surface area contributed by atoms with Crippen molar-refractivity contribution in [2.24, 2.45) is 5.92 Å². The van der Waals surface area contributed by atoms with Crippen LogP contribution in [0.3, 0.4) is 0 Å². The molecule has 2 aromatic rings. The van der Waals surface area contributed by atoms with E-state index in [1.54, 1.807) is 30.9 Å². The maximum atomic E-state index is 13.1. The highest BCUT2D eigenvalue weighted by Crippen LogP contribution is 2.30. The molecule has 1 saturated heterocycles. The average Bonchev–Trinajstić information content (AvgIpc) is 3.17. The molecule has 1 amide bonds. The molecule has 0 unspecified atom stereocenters. The summed E-state index contributed by atoms with van der Waals surface area (Å²) in [5.74, 6) is -0.473. The van der Waals surface area contributed by atoms with Crippen molar-refractivity contribution in [1.82, 2.24) is 14.1 Å². The fourth-order valence-electron chi connectivity index (χ4n) is 3.52. The second-order valence-corrected chi connectivity index (χ2v) is 9.30. The molecule has 1 aliphatic rings. The van der Waals surface area contributed by atoms with Crippen LogP contribution < -0.4 is 5.32 Å². The zero-order chi connectivity index (χ0) is 22.1. The van der Waals surface area contributed by atoms with Crippen molar-refractivity contribution >= 4 is 27.3 Å². The van der Waals surface area contributed by atoms with E-state index in [1.165, 1.54) is 10.4 Å². The van der Waals surface area contributed by atoms with E-state index in [1.807, 2.05) is 6.92 Å². The number of aryl methyl sites for hydroxylation is 2. The first-order valence-corrected chi connectivity index (χ1v) is 11.2. The number of anilines is 1. The third kappa shape index (κ3) is 4.36. The van der Waals surface area contributed by atoms with E-state index < -0.39 is 14.9 Å². The molecular formula is C19H25N5O5S. The lowest BCUT2D eigenvalue weighted by atomic mass is 9.97. The molecular weight excluding hydrogens is 410 g/mol. The predicted octanol–water partition coefficient (Wildman–Crippen LogP) is 2.47. The molecule has 1 aliphatic heterocycles. The van der Waals surface area contributed by atoms with Crippen LogP contribution in [0.1, 0.15) is 30.9 Å². The predicted molar refractivity (Wildman–Crippen MR) is 111 cm³/mol. The molecule has 0 bridgehead atoms. The number of benzene rings is 1. The summed E-state index contributed by atoms with van der Waals surface area (Å²) in [4.78, 5) is 23.0. The van der Waals surface area contributed by atoms with Gasteiger partial charge in [-0.3, -0.25) is 19.6 Å². The molecule has 1 aromatic heterocycles. The normalized spacial score (nSPS) is 15.8. The van der Waals surface area contributed by atoms with Crippen LogP contribution >= 0.6 is 0 Å². The van der Waals surface area contributed by atoms with Crippen LogP contribution in [0.2, 0.25) is 0 Å². The number of hydrogen-bond donors (Lipinski definition) is 1. The number of nitrogens with zero attached hydrogens (tertiary/aromatic N) is 4. The van der Waals surface area contributed by atoms with Crippen molar-refractivity contribution in [3.8, 4) is 0 Å². The molecule has 0 saturated carbocycles. The zero-order valence-electron chi connectivity index (χ0n) is 17.2. The van der Waals surface area contributed by atoms with E-state index in [2.05, 4.69) is 10.4 Å². The zero-order valence-corrected chi connectivity index (χ0v) is 18.0. The highest BCUT2D eigenvalue weighted by Gasteiger charge is 2.34. The van der Waals surface area contributed by atoms with Gasteiger partial charge in [0.15, 0.2) is 0 Å². The van der Waals surface area contributed by atoms with Gasteiger partial charge in [0.05, 0.1) is 21.7 Å². The second-order valence-electron chi connectivity index (χ2n) is 7.40. The number of nitro groups is 1. The first-order chi connectivity index (χ1) is 14.1. The number of nitrogens with one attached hydrogen (secondary N) is 1. The summed E-state index contributed by atoms with van der Waals surface area (Å²) in [5.41, 5.74) is 1.40. The van der Waals surface area contributed by atoms with E-state index in [-0.39, 0.29) is 35.5 Å². The SMILES string of the molecule is CCn1cc(NC(=O)C2CCN(S(=O)(=O)c3cc([N+](=O)[O-])cc(C)c3C)CC2)cn1.